The van der Waals surface area contributed by atoms with Crippen molar-refractivity contribution in [3.05, 3.63) is 28.3 Å². The van der Waals surface area contributed by atoms with Crippen LogP contribution in [0, 0.1) is 10.1 Å². The fourth-order valence-electron chi connectivity index (χ4n) is 2.29. The summed E-state index contributed by atoms with van der Waals surface area (Å²) in [6, 6.07) is 5.49. The van der Waals surface area contributed by atoms with Gasteiger partial charge >= 0.3 is 5.69 Å². The summed E-state index contributed by atoms with van der Waals surface area (Å²) in [6.07, 6.45) is 0. The number of nitro groups is 1. The van der Waals surface area contributed by atoms with Crippen LogP contribution in [0.15, 0.2) is 18.2 Å². The number of hydrogen-bond acceptors (Lipinski definition) is 5. The third-order valence-electron chi connectivity index (χ3n) is 3.17. The Morgan fingerprint density at radius 1 is 1.58 bits per heavy atom. The van der Waals surface area contributed by atoms with E-state index in [1.165, 1.54) is 6.07 Å². The van der Waals surface area contributed by atoms with E-state index in [1.807, 2.05) is 6.92 Å². The van der Waals surface area contributed by atoms with Gasteiger partial charge in [-0.2, -0.15) is 0 Å². The van der Waals surface area contributed by atoms with E-state index in [4.69, 9.17) is 4.74 Å². The van der Waals surface area contributed by atoms with Gasteiger partial charge in [-0.3, -0.25) is 10.1 Å². The maximum absolute atomic E-state index is 10.9. The van der Waals surface area contributed by atoms with Crippen molar-refractivity contribution in [2.24, 2.45) is 0 Å². The number of hydrogen-bond donors (Lipinski definition) is 1. The van der Waals surface area contributed by atoms with Crippen LogP contribution in [0.3, 0.4) is 0 Å². The molecule has 1 aliphatic rings. The van der Waals surface area contributed by atoms with Crippen LogP contribution in [0.25, 0.3) is 0 Å². The molecule has 0 amide bonds. The highest BCUT2D eigenvalue weighted by Crippen LogP contribution is 2.32. The first-order valence-corrected chi connectivity index (χ1v) is 6.51. The lowest BCUT2D eigenvalue weighted by molar-refractivity contribution is -0.385. The van der Waals surface area contributed by atoms with Crippen molar-refractivity contribution in [1.82, 2.24) is 5.32 Å². The molecule has 104 valence electrons. The average Bonchev–Trinajstić information content (AvgIpc) is 2.39. The fourth-order valence-corrected chi connectivity index (χ4v) is 2.29. The van der Waals surface area contributed by atoms with E-state index in [0.29, 0.717) is 18.4 Å². The fraction of sp³-hybridized carbons (Fsp3) is 0.538. The summed E-state index contributed by atoms with van der Waals surface area (Å²) < 4.78 is 5.37. The predicted octanol–water partition coefficient (Wildman–Crippen LogP) is 1.79. The minimum atomic E-state index is -0.408. The van der Waals surface area contributed by atoms with Crippen LogP contribution in [-0.4, -0.2) is 37.2 Å². The minimum Gasteiger partial charge on any atom is -0.487 e. The lowest BCUT2D eigenvalue weighted by atomic mass is 10.2. The molecule has 6 nitrogen and oxygen atoms in total. The van der Waals surface area contributed by atoms with Crippen LogP contribution in [0.2, 0.25) is 0 Å². The van der Waals surface area contributed by atoms with Gasteiger partial charge < -0.3 is 15.0 Å². The lowest BCUT2D eigenvalue weighted by Crippen LogP contribution is -2.49. The highest BCUT2D eigenvalue weighted by molar-refractivity contribution is 5.59. The zero-order valence-electron chi connectivity index (χ0n) is 11.3. The Labute approximate surface area is 112 Å². The van der Waals surface area contributed by atoms with Crippen LogP contribution < -0.4 is 15.0 Å². The number of nitrogens with zero attached hydrogens (tertiary/aromatic N) is 2. The molecule has 2 rings (SSSR count). The van der Waals surface area contributed by atoms with Gasteiger partial charge in [-0.25, -0.2) is 0 Å². The second kappa shape index (κ2) is 5.88. The molecule has 1 heterocycles. The summed E-state index contributed by atoms with van der Waals surface area (Å²) >= 11 is 0. The van der Waals surface area contributed by atoms with E-state index in [1.54, 1.807) is 12.1 Å². The zero-order valence-corrected chi connectivity index (χ0v) is 11.3. The Bertz CT molecular complexity index is 464. The Kier molecular flexibility index (Phi) is 4.21. The van der Waals surface area contributed by atoms with Gasteiger partial charge in [-0.15, -0.1) is 0 Å². The number of rotatable bonds is 4. The summed E-state index contributed by atoms with van der Waals surface area (Å²) in [4.78, 5) is 12.7. The van der Waals surface area contributed by atoms with Gasteiger partial charge in [0.05, 0.1) is 11.5 Å². The van der Waals surface area contributed by atoms with Crippen molar-refractivity contribution in [1.29, 1.82) is 0 Å². The van der Waals surface area contributed by atoms with Crippen LogP contribution >= 0.6 is 0 Å². The zero-order chi connectivity index (χ0) is 13.8. The normalized spacial score (nSPS) is 19.3. The molecule has 1 fully saturated rings. The third kappa shape index (κ3) is 3.14. The van der Waals surface area contributed by atoms with Crippen LogP contribution in [0.5, 0.6) is 5.75 Å². The number of benzene rings is 1. The number of piperazine rings is 1. The van der Waals surface area contributed by atoms with Crippen molar-refractivity contribution in [3.8, 4) is 5.75 Å². The first kappa shape index (κ1) is 13.6. The van der Waals surface area contributed by atoms with Crippen LogP contribution in [0.1, 0.15) is 13.8 Å². The number of nitrogens with one attached hydrogen (secondary N) is 1. The Balaban J connectivity index is 2.26. The molecule has 1 saturated heterocycles. The molecular weight excluding hydrogens is 246 g/mol. The SMILES string of the molecule is CCOc1cc(N2CCN[C@H](C)C2)ccc1[N+](=O)[O-]. The molecule has 1 aliphatic heterocycles. The predicted molar refractivity (Wildman–Crippen MR) is 73.9 cm³/mol. The maximum Gasteiger partial charge on any atom is 0.311 e. The monoisotopic (exact) mass is 265 g/mol. The van der Waals surface area contributed by atoms with Gasteiger partial charge in [0.15, 0.2) is 5.75 Å². The highest BCUT2D eigenvalue weighted by Gasteiger charge is 2.20. The van der Waals surface area contributed by atoms with Gasteiger partial charge in [0.2, 0.25) is 0 Å². The third-order valence-corrected chi connectivity index (χ3v) is 3.17. The molecule has 1 atom stereocenters. The number of nitro benzene ring substituents is 1. The van der Waals surface area contributed by atoms with Crippen LogP contribution in [0.4, 0.5) is 11.4 Å². The van der Waals surface area contributed by atoms with Crippen molar-refractivity contribution in [2.75, 3.05) is 31.1 Å². The largest absolute Gasteiger partial charge is 0.487 e. The lowest BCUT2D eigenvalue weighted by Gasteiger charge is -2.33. The van der Waals surface area contributed by atoms with Crippen molar-refractivity contribution >= 4 is 11.4 Å². The van der Waals surface area contributed by atoms with Gasteiger partial charge in [0.1, 0.15) is 0 Å². The Hall–Kier alpha value is -1.82. The van der Waals surface area contributed by atoms with Crippen molar-refractivity contribution in [2.45, 2.75) is 19.9 Å². The quantitative estimate of drug-likeness (QED) is 0.664. The summed E-state index contributed by atoms with van der Waals surface area (Å²) in [5, 5.41) is 14.3. The first-order valence-electron chi connectivity index (χ1n) is 6.51. The van der Waals surface area contributed by atoms with Crippen molar-refractivity contribution in [3.63, 3.8) is 0 Å². The molecule has 19 heavy (non-hydrogen) atoms. The van der Waals surface area contributed by atoms with Crippen LogP contribution in [-0.2, 0) is 0 Å². The molecule has 0 aliphatic carbocycles. The van der Waals surface area contributed by atoms with E-state index >= 15 is 0 Å². The molecule has 0 bridgehead atoms. The summed E-state index contributed by atoms with van der Waals surface area (Å²) in [5.41, 5.74) is 0.996. The van der Waals surface area contributed by atoms with Gasteiger partial charge in [0.25, 0.3) is 0 Å². The number of ether oxygens (including phenoxy) is 1. The van der Waals surface area contributed by atoms with Gasteiger partial charge in [-0.05, 0) is 19.9 Å². The molecule has 0 spiro atoms. The van der Waals surface area contributed by atoms with Crippen molar-refractivity contribution < 1.29 is 9.66 Å². The standard InChI is InChI=1S/C13H19N3O3/c1-3-19-13-8-11(4-5-12(13)16(17)18)15-7-6-14-10(2)9-15/h4-5,8,10,14H,3,6-7,9H2,1-2H3/t10-/m1/s1. The summed E-state index contributed by atoms with van der Waals surface area (Å²) in [6.45, 7) is 7.08. The molecule has 0 unspecified atom stereocenters. The topological polar surface area (TPSA) is 67.6 Å². The second-order valence-corrected chi connectivity index (χ2v) is 4.64. The van der Waals surface area contributed by atoms with E-state index in [0.717, 1.165) is 25.3 Å². The Morgan fingerprint density at radius 3 is 3.00 bits per heavy atom. The average molecular weight is 265 g/mol. The molecular formula is C13H19N3O3. The first-order chi connectivity index (χ1) is 9.11. The smallest absolute Gasteiger partial charge is 0.311 e. The van der Waals surface area contributed by atoms with E-state index in [-0.39, 0.29) is 5.69 Å². The minimum absolute atomic E-state index is 0.0220. The molecule has 6 heteroatoms. The molecule has 0 radical (unpaired) electrons. The highest BCUT2D eigenvalue weighted by atomic mass is 16.6. The summed E-state index contributed by atoms with van der Waals surface area (Å²) in [5.74, 6) is 0.344. The van der Waals surface area contributed by atoms with E-state index < -0.39 is 4.92 Å². The number of anilines is 1. The molecule has 0 saturated carbocycles. The second-order valence-electron chi connectivity index (χ2n) is 4.64. The maximum atomic E-state index is 10.9. The molecule has 1 aromatic carbocycles. The molecule has 0 aromatic heterocycles. The Morgan fingerprint density at radius 2 is 2.37 bits per heavy atom. The van der Waals surface area contributed by atoms with Gasteiger partial charge in [-0.1, -0.05) is 0 Å². The molecule has 1 aromatic rings. The molecule has 1 N–H and O–H groups in total. The van der Waals surface area contributed by atoms with E-state index in [2.05, 4.69) is 17.1 Å². The van der Waals surface area contributed by atoms with E-state index in [9.17, 15) is 10.1 Å². The van der Waals surface area contributed by atoms with Gasteiger partial charge in [0, 0.05) is 43.5 Å². The summed E-state index contributed by atoms with van der Waals surface area (Å²) in [7, 11) is 0.